The molecule has 0 aromatic heterocycles. The van der Waals surface area contributed by atoms with Crippen LogP contribution in [0.3, 0.4) is 0 Å². The predicted molar refractivity (Wildman–Crippen MR) is 67.3 cm³/mol. The summed E-state index contributed by atoms with van der Waals surface area (Å²) in [6.45, 7) is 0.930. The van der Waals surface area contributed by atoms with Crippen molar-refractivity contribution in [3.63, 3.8) is 0 Å². The first kappa shape index (κ1) is 14.0. The van der Waals surface area contributed by atoms with Crippen LogP contribution < -0.4 is 10.5 Å². The van der Waals surface area contributed by atoms with Crippen LogP contribution in [-0.4, -0.2) is 38.6 Å². The van der Waals surface area contributed by atoms with Crippen molar-refractivity contribution in [2.24, 2.45) is 5.73 Å². The van der Waals surface area contributed by atoms with Crippen molar-refractivity contribution in [3.8, 4) is 5.75 Å². The summed E-state index contributed by atoms with van der Waals surface area (Å²) in [4.78, 5) is 0. The van der Waals surface area contributed by atoms with Crippen LogP contribution in [0.15, 0.2) is 24.3 Å². The van der Waals surface area contributed by atoms with E-state index in [0.717, 1.165) is 11.3 Å². The monoisotopic (exact) mass is 239 g/mol. The number of rotatable bonds is 7. The molecule has 3 N–H and O–H groups in total. The highest BCUT2D eigenvalue weighted by Gasteiger charge is 2.19. The van der Waals surface area contributed by atoms with Gasteiger partial charge in [0.15, 0.2) is 0 Å². The van der Waals surface area contributed by atoms with Gasteiger partial charge in [0.05, 0.1) is 13.2 Å². The first-order chi connectivity index (χ1) is 8.22. The second-order valence-electron chi connectivity index (χ2n) is 3.97. The van der Waals surface area contributed by atoms with E-state index in [0.29, 0.717) is 19.6 Å². The first-order valence-electron chi connectivity index (χ1n) is 5.74. The van der Waals surface area contributed by atoms with Gasteiger partial charge in [0, 0.05) is 26.2 Å². The van der Waals surface area contributed by atoms with E-state index in [4.69, 9.17) is 15.2 Å². The fourth-order valence-electron chi connectivity index (χ4n) is 1.83. The molecule has 0 saturated heterocycles. The highest BCUT2D eigenvalue weighted by Crippen LogP contribution is 2.24. The van der Waals surface area contributed by atoms with E-state index in [2.05, 4.69) is 0 Å². The van der Waals surface area contributed by atoms with Gasteiger partial charge in [-0.3, -0.25) is 0 Å². The lowest BCUT2D eigenvalue weighted by molar-refractivity contribution is 0.0920. The van der Waals surface area contributed by atoms with Crippen LogP contribution in [0.2, 0.25) is 0 Å². The van der Waals surface area contributed by atoms with Crippen LogP contribution in [0.25, 0.3) is 0 Å². The molecule has 96 valence electrons. The molecule has 17 heavy (non-hydrogen) atoms. The van der Waals surface area contributed by atoms with Gasteiger partial charge in [-0.2, -0.15) is 0 Å². The van der Waals surface area contributed by atoms with Crippen LogP contribution in [0, 0.1) is 0 Å². The molecule has 0 spiro atoms. The van der Waals surface area contributed by atoms with Crippen molar-refractivity contribution in [2.75, 3.05) is 27.4 Å². The number of ether oxygens (including phenoxy) is 2. The minimum atomic E-state index is -0.493. The minimum Gasteiger partial charge on any atom is -0.497 e. The number of aliphatic hydroxyl groups is 1. The van der Waals surface area contributed by atoms with Gasteiger partial charge in [-0.05, 0) is 24.1 Å². The fraction of sp³-hybridized carbons (Fsp3) is 0.538. The molecule has 0 aliphatic heterocycles. The van der Waals surface area contributed by atoms with Gasteiger partial charge in [-0.25, -0.2) is 0 Å². The Balaban J connectivity index is 2.77. The van der Waals surface area contributed by atoms with E-state index in [1.54, 1.807) is 14.2 Å². The van der Waals surface area contributed by atoms with Gasteiger partial charge in [0.2, 0.25) is 0 Å². The van der Waals surface area contributed by atoms with Crippen LogP contribution in [0.4, 0.5) is 0 Å². The summed E-state index contributed by atoms with van der Waals surface area (Å²) in [6, 6.07) is 7.64. The SMILES string of the molecule is COCCC(O)C(CN)c1cccc(OC)c1. The average Bonchev–Trinajstić information content (AvgIpc) is 2.37. The van der Waals surface area contributed by atoms with Crippen molar-refractivity contribution < 1.29 is 14.6 Å². The molecule has 0 aliphatic carbocycles. The molecule has 0 amide bonds. The molecule has 4 heteroatoms. The average molecular weight is 239 g/mol. The minimum absolute atomic E-state index is 0.0831. The third kappa shape index (κ3) is 4.00. The number of methoxy groups -OCH3 is 2. The topological polar surface area (TPSA) is 64.7 Å². The van der Waals surface area contributed by atoms with Gasteiger partial charge >= 0.3 is 0 Å². The van der Waals surface area contributed by atoms with Crippen molar-refractivity contribution in [3.05, 3.63) is 29.8 Å². The summed E-state index contributed by atoms with van der Waals surface area (Å²) in [6.07, 6.45) is 0.0855. The quantitative estimate of drug-likeness (QED) is 0.748. The van der Waals surface area contributed by atoms with Crippen molar-refractivity contribution in [2.45, 2.75) is 18.4 Å². The molecule has 4 nitrogen and oxygen atoms in total. The summed E-state index contributed by atoms with van der Waals surface area (Å²) in [5.74, 6) is 0.695. The van der Waals surface area contributed by atoms with E-state index >= 15 is 0 Å². The molecule has 0 radical (unpaired) electrons. The molecule has 0 fully saturated rings. The lowest BCUT2D eigenvalue weighted by Crippen LogP contribution is -2.27. The molecular formula is C13H21NO3. The Morgan fingerprint density at radius 2 is 2.12 bits per heavy atom. The van der Waals surface area contributed by atoms with Crippen LogP contribution in [-0.2, 0) is 4.74 Å². The summed E-state index contributed by atoms with van der Waals surface area (Å²) in [5, 5.41) is 10.1. The highest BCUT2D eigenvalue weighted by molar-refractivity contribution is 5.31. The Hall–Kier alpha value is -1.10. The molecule has 2 atom stereocenters. The summed E-state index contributed by atoms with van der Waals surface area (Å²) >= 11 is 0. The smallest absolute Gasteiger partial charge is 0.119 e. The van der Waals surface area contributed by atoms with Crippen molar-refractivity contribution >= 4 is 0 Å². The molecule has 1 aromatic carbocycles. The number of aliphatic hydroxyl groups excluding tert-OH is 1. The fourth-order valence-corrected chi connectivity index (χ4v) is 1.83. The van der Waals surface area contributed by atoms with Crippen LogP contribution >= 0.6 is 0 Å². The zero-order valence-electron chi connectivity index (χ0n) is 10.4. The predicted octanol–water partition coefficient (Wildman–Crippen LogP) is 1.13. The van der Waals surface area contributed by atoms with Gasteiger partial charge in [-0.1, -0.05) is 12.1 Å². The maximum atomic E-state index is 10.1. The van der Waals surface area contributed by atoms with Gasteiger partial charge in [0.1, 0.15) is 5.75 Å². The zero-order valence-corrected chi connectivity index (χ0v) is 10.4. The van der Waals surface area contributed by atoms with Crippen molar-refractivity contribution in [1.29, 1.82) is 0 Å². The maximum absolute atomic E-state index is 10.1. The lowest BCUT2D eigenvalue weighted by Gasteiger charge is -2.22. The number of nitrogens with two attached hydrogens (primary N) is 1. The van der Waals surface area contributed by atoms with Gasteiger partial charge in [-0.15, -0.1) is 0 Å². The normalized spacial score (nSPS) is 14.4. The van der Waals surface area contributed by atoms with E-state index in [9.17, 15) is 5.11 Å². The molecule has 0 heterocycles. The second-order valence-corrected chi connectivity index (χ2v) is 3.97. The first-order valence-corrected chi connectivity index (χ1v) is 5.74. The van der Waals surface area contributed by atoms with Gasteiger partial charge in [0.25, 0.3) is 0 Å². The zero-order chi connectivity index (χ0) is 12.7. The maximum Gasteiger partial charge on any atom is 0.119 e. The largest absolute Gasteiger partial charge is 0.497 e. The van der Waals surface area contributed by atoms with E-state index in [1.165, 1.54) is 0 Å². The molecule has 1 aromatic rings. The number of hydrogen-bond acceptors (Lipinski definition) is 4. The molecule has 2 unspecified atom stereocenters. The Morgan fingerprint density at radius 3 is 2.71 bits per heavy atom. The third-order valence-electron chi connectivity index (χ3n) is 2.86. The number of hydrogen-bond donors (Lipinski definition) is 2. The highest BCUT2D eigenvalue weighted by atomic mass is 16.5. The Kier molecular flexibility index (Phi) is 5.97. The summed E-state index contributed by atoms with van der Waals surface area (Å²) in [5.41, 5.74) is 6.72. The Bertz CT molecular complexity index is 330. The Morgan fingerprint density at radius 1 is 1.35 bits per heavy atom. The molecule has 0 bridgehead atoms. The molecule has 0 saturated carbocycles. The Labute approximate surface area is 102 Å². The van der Waals surface area contributed by atoms with Crippen LogP contribution in [0.5, 0.6) is 5.75 Å². The summed E-state index contributed by atoms with van der Waals surface area (Å²) < 4.78 is 10.1. The lowest BCUT2D eigenvalue weighted by atomic mass is 9.91. The van der Waals surface area contributed by atoms with E-state index in [-0.39, 0.29) is 5.92 Å². The number of benzene rings is 1. The summed E-state index contributed by atoms with van der Waals surface area (Å²) in [7, 11) is 3.24. The van der Waals surface area contributed by atoms with E-state index in [1.807, 2.05) is 24.3 Å². The van der Waals surface area contributed by atoms with Gasteiger partial charge < -0.3 is 20.3 Å². The second kappa shape index (κ2) is 7.27. The third-order valence-corrected chi connectivity index (χ3v) is 2.86. The molecule has 0 aliphatic rings. The molecular weight excluding hydrogens is 218 g/mol. The standard InChI is InChI=1S/C13H21NO3/c1-16-7-6-13(15)12(9-14)10-4-3-5-11(8-10)17-2/h3-5,8,12-13,15H,6-7,9,14H2,1-2H3. The molecule has 1 rings (SSSR count). The van der Waals surface area contributed by atoms with E-state index < -0.39 is 6.10 Å². The van der Waals surface area contributed by atoms with Crippen molar-refractivity contribution in [1.82, 2.24) is 0 Å². The van der Waals surface area contributed by atoms with Crippen LogP contribution in [0.1, 0.15) is 17.9 Å².